The van der Waals surface area contributed by atoms with Crippen LogP contribution in [0.15, 0.2) is 154 Å². The first-order valence-electron chi connectivity index (χ1n) is 15.6. The van der Waals surface area contributed by atoms with Crippen molar-refractivity contribution in [3.8, 4) is 11.4 Å². The van der Waals surface area contributed by atoms with Gasteiger partial charge in [-0.05, 0) is 48.5 Å². The Balaban J connectivity index is 1.31. The van der Waals surface area contributed by atoms with Gasteiger partial charge in [0.25, 0.3) is 0 Å². The van der Waals surface area contributed by atoms with Gasteiger partial charge in [0.15, 0.2) is 11.2 Å². The maximum atomic E-state index is 6.57. The van der Waals surface area contributed by atoms with Crippen LogP contribution < -0.4 is 0 Å². The lowest BCUT2D eigenvalue weighted by Gasteiger charge is -2.11. The van der Waals surface area contributed by atoms with Crippen LogP contribution in [0.2, 0.25) is 0 Å². The van der Waals surface area contributed by atoms with Crippen molar-refractivity contribution < 1.29 is 8.83 Å². The third kappa shape index (κ3) is 3.03. The highest BCUT2D eigenvalue weighted by atomic mass is 16.3. The second kappa shape index (κ2) is 8.68. The molecular weight excluding hydrogens is 564 g/mol. The van der Waals surface area contributed by atoms with Gasteiger partial charge in [-0.25, -0.2) is 0 Å². The Morgan fingerprint density at radius 1 is 0.304 bits per heavy atom. The molecule has 0 radical (unpaired) electrons. The minimum atomic E-state index is 0.888. The van der Waals surface area contributed by atoms with Gasteiger partial charge in [-0.1, -0.05) is 97.1 Å². The van der Waals surface area contributed by atoms with E-state index in [-0.39, 0.29) is 0 Å². The molecule has 0 unspecified atom stereocenters. The molecule has 0 aliphatic carbocycles. The Bertz CT molecular complexity index is 2840. The summed E-state index contributed by atoms with van der Waals surface area (Å²) in [4.78, 5) is 0. The van der Waals surface area contributed by atoms with Gasteiger partial charge in [0.05, 0.1) is 33.4 Å². The molecule has 11 aromatic rings. The Morgan fingerprint density at radius 2 is 0.717 bits per heavy atom. The molecular formula is C42H24N2O2. The SMILES string of the molecule is c1ccc2c(c1)oc1c(-n3c4ccccc4c4cc5c6ccccc6n(-c6cccc7c6oc6ccccc67)c5cc43)cccc12. The first kappa shape index (κ1) is 24.1. The topological polar surface area (TPSA) is 36.1 Å². The molecule has 0 bridgehead atoms. The number of aromatic nitrogens is 2. The summed E-state index contributed by atoms with van der Waals surface area (Å²) in [5.74, 6) is 0. The van der Waals surface area contributed by atoms with Crippen LogP contribution in [-0.4, -0.2) is 9.13 Å². The molecule has 4 heterocycles. The predicted molar refractivity (Wildman–Crippen MR) is 190 cm³/mol. The van der Waals surface area contributed by atoms with Crippen LogP contribution in [-0.2, 0) is 0 Å². The number of fused-ring (bicyclic) bond motifs is 12. The first-order chi connectivity index (χ1) is 22.8. The standard InChI is InChI=1S/C42H24N2O2/c1-5-17-33-25(11-1)31-23-32-26-12-2-6-18-34(26)44(36-20-10-16-30-28-14-4-8-22-40(28)46-42(30)36)38(32)24-37(31)43(33)35-19-9-15-29-27-13-3-7-21-39(27)45-41(29)35/h1-24H. The third-order valence-corrected chi connectivity index (χ3v) is 9.71. The van der Waals surface area contributed by atoms with E-state index < -0.39 is 0 Å². The van der Waals surface area contributed by atoms with Gasteiger partial charge in [0.1, 0.15) is 11.2 Å². The summed E-state index contributed by atoms with van der Waals surface area (Å²) in [5, 5.41) is 9.33. The van der Waals surface area contributed by atoms with E-state index in [9.17, 15) is 0 Å². The van der Waals surface area contributed by atoms with Crippen molar-refractivity contribution >= 4 is 87.5 Å². The van der Waals surface area contributed by atoms with Crippen molar-refractivity contribution in [3.63, 3.8) is 0 Å². The van der Waals surface area contributed by atoms with Gasteiger partial charge in [-0.2, -0.15) is 0 Å². The number of hydrogen-bond donors (Lipinski definition) is 0. The zero-order valence-electron chi connectivity index (χ0n) is 24.6. The summed E-state index contributed by atoms with van der Waals surface area (Å²) in [6, 6.07) is 51.6. The smallest absolute Gasteiger partial charge is 0.159 e. The second-order valence-electron chi connectivity index (χ2n) is 12.1. The highest BCUT2D eigenvalue weighted by molar-refractivity contribution is 6.20. The Hall–Kier alpha value is -6.26. The summed E-state index contributed by atoms with van der Waals surface area (Å²) in [5.41, 5.74) is 10.2. The fraction of sp³-hybridized carbons (Fsp3) is 0. The molecule has 7 aromatic carbocycles. The van der Waals surface area contributed by atoms with Crippen molar-refractivity contribution in [3.05, 3.63) is 146 Å². The Labute approximate surface area is 261 Å². The quantitative estimate of drug-likeness (QED) is 0.201. The van der Waals surface area contributed by atoms with E-state index in [1.807, 2.05) is 24.3 Å². The number of benzene rings is 7. The molecule has 0 saturated heterocycles. The number of furan rings is 2. The zero-order valence-corrected chi connectivity index (χ0v) is 24.6. The number of rotatable bonds is 2. The number of para-hydroxylation sites is 6. The summed E-state index contributed by atoms with van der Waals surface area (Å²) >= 11 is 0. The van der Waals surface area contributed by atoms with E-state index in [0.29, 0.717) is 0 Å². The van der Waals surface area contributed by atoms with E-state index in [1.165, 1.54) is 21.5 Å². The van der Waals surface area contributed by atoms with E-state index in [0.717, 1.165) is 77.3 Å². The normalized spacial score (nSPS) is 12.3. The molecule has 0 aliphatic heterocycles. The molecule has 214 valence electrons. The molecule has 4 heteroatoms. The van der Waals surface area contributed by atoms with Crippen LogP contribution in [0.5, 0.6) is 0 Å². The summed E-state index contributed by atoms with van der Waals surface area (Å²) in [6.45, 7) is 0. The maximum Gasteiger partial charge on any atom is 0.159 e. The maximum absolute atomic E-state index is 6.57. The Kier molecular flexibility index (Phi) is 4.55. The van der Waals surface area contributed by atoms with Gasteiger partial charge >= 0.3 is 0 Å². The van der Waals surface area contributed by atoms with Crippen molar-refractivity contribution in [1.82, 2.24) is 9.13 Å². The van der Waals surface area contributed by atoms with Crippen molar-refractivity contribution in [2.45, 2.75) is 0 Å². The fourth-order valence-corrected chi connectivity index (χ4v) is 7.77. The average molecular weight is 589 g/mol. The molecule has 0 amide bonds. The highest BCUT2D eigenvalue weighted by Crippen LogP contribution is 2.43. The molecule has 4 nitrogen and oxygen atoms in total. The van der Waals surface area contributed by atoms with Gasteiger partial charge in [0.2, 0.25) is 0 Å². The van der Waals surface area contributed by atoms with E-state index in [2.05, 4.69) is 130 Å². The molecule has 0 saturated carbocycles. The van der Waals surface area contributed by atoms with E-state index in [1.54, 1.807) is 0 Å². The van der Waals surface area contributed by atoms with Crippen LogP contribution >= 0.6 is 0 Å². The van der Waals surface area contributed by atoms with Gasteiger partial charge < -0.3 is 18.0 Å². The molecule has 0 N–H and O–H groups in total. The molecule has 46 heavy (non-hydrogen) atoms. The first-order valence-corrected chi connectivity index (χ1v) is 15.6. The van der Waals surface area contributed by atoms with Crippen molar-refractivity contribution in [2.24, 2.45) is 0 Å². The second-order valence-corrected chi connectivity index (χ2v) is 12.1. The van der Waals surface area contributed by atoms with Crippen molar-refractivity contribution in [2.75, 3.05) is 0 Å². The summed E-state index contributed by atoms with van der Waals surface area (Å²) < 4.78 is 17.9. The summed E-state index contributed by atoms with van der Waals surface area (Å²) in [6.07, 6.45) is 0. The molecule has 0 atom stereocenters. The van der Waals surface area contributed by atoms with Gasteiger partial charge in [-0.15, -0.1) is 0 Å². The molecule has 11 rings (SSSR count). The average Bonchev–Trinajstić information content (AvgIpc) is 3.85. The van der Waals surface area contributed by atoms with E-state index in [4.69, 9.17) is 8.83 Å². The largest absolute Gasteiger partial charge is 0.454 e. The summed E-state index contributed by atoms with van der Waals surface area (Å²) in [7, 11) is 0. The predicted octanol–water partition coefficient (Wildman–Crippen LogP) is 11.7. The third-order valence-electron chi connectivity index (χ3n) is 9.71. The fourth-order valence-electron chi connectivity index (χ4n) is 7.77. The number of nitrogens with zero attached hydrogens (tertiary/aromatic N) is 2. The van der Waals surface area contributed by atoms with E-state index >= 15 is 0 Å². The van der Waals surface area contributed by atoms with Crippen LogP contribution in [0.25, 0.3) is 98.9 Å². The zero-order chi connectivity index (χ0) is 29.9. The lowest BCUT2D eigenvalue weighted by Crippen LogP contribution is -1.96. The molecule has 0 spiro atoms. The molecule has 4 aromatic heterocycles. The van der Waals surface area contributed by atoms with Crippen LogP contribution in [0.1, 0.15) is 0 Å². The van der Waals surface area contributed by atoms with Crippen LogP contribution in [0, 0.1) is 0 Å². The van der Waals surface area contributed by atoms with Gasteiger partial charge in [-0.3, -0.25) is 0 Å². The van der Waals surface area contributed by atoms with Crippen LogP contribution in [0.3, 0.4) is 0 Å². The van der Waals surface area contributed by atoms with Gasteiger partial charge in [0, 0.05) is 43.1 Å². The lowest BCUT2D eigenvalue weighted by atomic mass is 10.1. The monoisotopic (exact) mass is 588 g/mol. The molecule has 0 aliphatic rings. The minimum Gasteiger partial charge on any atom is -0.454 e. The lowest BCUT2D eigenvalue weighted by molar-refractivity contribution is 0.666. The Morgan fingerprint density at radius 3 is 1.22 bits per heavy atom. The minimum absolute atomic E-state index is 0.888. The highest BCUT2D eigenvalue weighted by Gasteiger charge is 2.22. The number of hydrogen-bond acceptors (Lipinski definition) is 2. The van der Waals surface area contributed by atoms with Crippen molar-refractivity contribution in [1.29, 1.82) is 0 Å². The van der Waals surface area contributed by atoms with Crippen LogP contribution in [0.4, 0.5) is 0 Å². The molecule has 0 fully saturated rings.